The van der Waals surface area contributed by atoms with Crippen molar-refractivity contribution >= 4 is 5.78 Å². The van der Waals surface area contributed by atoms with Crippen molar-refractivity contribution in [3.8, 4) is 11.8 Å². The SMILES string of the molecule is C[C@@]12CC[C@H](O)[C@@H](C#C[C@@](C)(O)C3CCCCC3)[C@@H]1CC2=O. The molecule has 3 rings (SSSR count). The van der Waals surface area contributed by atoms with Gasteiger partial charge in [-0.2, -0.15) is 0 Å². The molecule has 0 aromatic rings. The molecule has 3 heteroatoms. The van der Waals surface area contributed by atoms with Crippen LogP contribution in [-0.2, 0) is 4.79 Å². The molecule has 0 spiro atoms. The fourth-order valence-corrected chi connectivity index (χ4v) is 4.67. The Morgan fingerprint density at radius 3 is 2.55 bits per heavy atom. The zero-order valence-electron chi connectivity index (χ0n) is 13.8. The predicted octanol–water partition coefficient (Wildman–Crippen LogP) is 2.69. The third-order valence-electron chi connectivity index (χ3n) is 6.56. The smallest absolute Gasteiger partial charge is 0.139 e. The largest absolute Gasteiger partial charge is 0.392 e. The lowest BCUT2D eigenvalue weighted by Gasteiger charge is -2.53. The first kappa shape index (κ1) is 16.0. The van der Waals surface area contributed by atoms with Crippen LogP contribution in [-0.4, -0.2) is 27.7 Å². The van der Waals surface area contributed by atoms with Crippen molar-refractivity contribution in [3.05, 3.63) is 0 Å². The van der Waals surface area contributed by atoms with Crippen LogP contribution in [0.15, 0.2) is 0 Å². The summed E-state index contributed by atoms with van der Waals surface area (Å²) in [4.78, 5) is 11.9. The molecule has 122 valence electrons. The first-order chi connectivity index (χ1) is 10.3. The Balaban J connectivity index is 1.75. The minimum atomic E-state index is -0.970. The normalized spacial score (nSPS) is 41.6. The Morgan fingerprint density at radius 1 is 1.23 bits per heavy atom. The van der Waals surface area contributed by atoms with Crippen LogP contribution in [0.25, 0.3) is 0 Å². The topological polar surface area (TPSA) is 57.5 Å². The summed E-state index contributed by atoms with van der Waals surface area (Å²) >= 11 is 0. The maximum Gasteiger partial charge on any atom is 0.139 e. The summed E-state index contributed by atoms with van der Waals surface area (Å²) in [6.07, 6.45) is 7.16. The maximum atomic E-state index is 11.9. The summed E-state index contributed by atoms with van der Waals surface area (Å²) in [6.45, 7) is 3.83. The van der Waals surface area contributed by atoms with Gasteiger partial charge in [0.25, 0.3) is 0 Å². The van der Waals surface area contributed by atoms with Crippen LogP contribution in [0.3, 0.4) is 0 Å². The van der Waals surface area contributed by atoms with E-state index in [9.17, 15) is 15.0 Å². The Morgan fingerprint density at radius 2 is 1.91 bits per heavy atom. The number of fused-ring (bicyclic) bond motifs is 1. The molecule has 3 saturated carbocycles. The molecule has 0 saturated heterocycles. The van der Waals surface area contributed by atoms with E-state index in [0.29, 0.717) is 18.6 Å². The summed E-state index contributed by atoms with van der Waals surface area (Å²) in [7, 11) is 0. The zero-order valence-corrected chi connectivity index (χ0v) is 13.8. The molecule has 2 N–H and O–H groups in total. The van der Waals surface area contributed by atoms with Gasteiger partial charge in [0.2, 0.25) is 0 Å². The highest BCUT2D eigenvalue weighted by molar-refractivity contribution is 5.91. The van der Waals surface area contributed by atoms with Gasteiger partial charge in [-0.15, -0.1) is 0 Å². The van der Waals surface area contributed by atoms with Crippen LogP contribution in [0.4, 0.5) is 0 Å². The number of hydrogen-bond acceptors (Lipinski definition) is 3. The van der Waals surface area contributed by atoms with E-state index in [2.05, 4.69) is 11.8 Å². The molecule has 3 nitrogen and oxygen atoms in total. The fourth-order valence-electron chi connectivity index (χ4n) is 4.67. The average Bonchev–Trinajstić information content (AvgIpc) is 2.51. The number of aliphatic hydroxyl groups excluding tert-OH is 1. The first-order valence-electron chi connectivity index (χ1n) is 8.81. The molecule has 3 aliphatic carbocycles. The van der Waals surface area contributed by atoms with Crippen LogP contribution in [0.5, 0.6) is 0 Å². The van der Waals surface area contributed by atoms with Crippen LogP contribution in [0, 0.1) is 35.0 Å². The second-order valence-electron chi connectivity index (χ2n) is 8.03. The van der Waals surface area contributed by atoms with Crippen molar-refractivity contribution in [2.45, 2.75) is 76.9 Å². The summed E-state index contributed by atoms with van der Waals surface area (Å²) in [5.74, 6) is 6.82. The van der Waals surface area contributed by atoms with Gasteiger partial charge in [0.15, 0.2) is 0 Å². The zero-order chi connectivity index (χ0) is 16.0. The third-order valence-corrected chi connectivity index (χ3v) is 6.56. The molecule has 3 aliphatic rings. The lowest BCUT2D eigenvalue weighted by molar-refractivity contribution is -0.156. The monoisotopic (exact) mass is 304 g/mol. The van der Waals surface area contributed by atoms with Crippen molar-refractivity contribution in [2.75, 3.05) is 0 Å². The van der Waals surface area contributed by atoms with Crippen LogP contribution < -0.4 is 0 Å². The standard InChI is InChI=1S/C19H28O3/c1-18-10-9-16(20)14(15(18)12-17(18)21)8-11-19(2,22)13-6-4-3-5-7-13/h13-16,20,22H,3-7,9-10,12H2,1-2H3/t14-,15-,16-,18+,19+/m0/s1. The molecule has 0 aliphatic heterocycles. The average molecular weight is 304 g/mol. The minimum Gasteiger partial charge on any atom is -0.392 e. The van der Waals surface area contributed by atoms with E-state index in [0.717, 1.165) is 19.3 Å². The molecule has 22 heavy (non-hydrogen) atoms. The maximum absolute atomic E-state index is 11.9. The molecule has 0 unspecified atom stereocenters. The quantitative estimate of drug-likeness (QED) is 0.732. The van der Waals surface area contributed by atoms with Gasteiger partial charge < -0.3 is 10.2 Å². The van der Waals surface area contributed by atoms with Gasteiger partial charge in [0, 0.05) is 11.8 Å². The van der Waals surface area contributed by atoms with Crippen LogP contribution in [0.1, 0.15) is 65.2 Å². The summed E-state index contributed by atoms with van der Waals surface area (Å²) < 4.78 is 0. The van der Waals surface area contributed by atoms with E-state index in [-0.39, 0.29) is 23.2 Å². The Hall–Kier alpha value is -0.850. The molecular formula is C19H28O3. The summed E-state index contributed by atoms with van der Waals surface area (Å²) in [5.41, 5.74) is -1.25. The second-order valence-corrected chi connectivity index (χ2v) is 8.03. The van der Waals surface area contributed by atoms with E-state index in [1.165, 1.54) is 19.3 Å². The molecule has 0 heterocycles. The van der Waals surface area contributed by atoms with Crippen molar-refractivity contribution in [3.63, 3.8) is 0 Å². The van der Waals surface area contributed by atoms with Crippen molar-refractivity contribution < 1.29 is 15.0 Å². The predicted molar refractivity (Wildman–Crippen MR) is 84.9 cm³/mol. The van der Waals surface area contributed by atoms with Crippen LogP contribution >= 0.6 is 0 Å². The highest BCUT2D eigenvalue weighted by Gasteiger charge is 2.57. The second kappa shape index (κ2) is 5.65. The Labute approximate surface area is 133 Å². The molecule has 3 fully saturated rings. The van der Waals surface area contributed by atoms with Crippen molar-refractivity contribution in [2.24, 2.45) is 23.2 Å². The van der Waals surface area contributed by atoms with E-state index >= 15 is 0 Å². The molecular weight excluding hydrogens is 276 g/mol. The van der Waals surface area contributed by atoms with Gasteiger partial charge in [-0.25, -0.2) is 0 Å². The van der Waals surface area contributed by atoms with Crippen LogP contribution in [0.2, 0.25) is 0 Å². The van der Waals surface area contributed by atoms with Gasteiger partial charge in [-0.1, -0.05) is 38.0 Å². The Kier molecular flexibility index (Phi) is 4.12. The van der Waals surface area contributed by atoms with Crippen molar-refractivity contribution in [1.82, 2.24) is 0 Å². The lowest BCUT2D eigenvalue weighted by Crippen LogP contribution is -2.56. The minimum absolute atomic E-state index is 0.161. The highest BCUT2D eigenvalue weighted by atomic mass is 16.3. The summed E-state index contributed by atoms with van der Waals surface area (Å²) in [5, 5.41) is 21.0. The first-order valence-corrected chi connectivity index (χ1v) is 8.81. The molecule has 5 atom stereocenters. The number of hydrogen-bond donors (Lipinski definition) is 2. The molecule has 0 bridgehead atoms. The number of ketones is 1. The molecule has 0 aromatic heterocycles. The summed E-state index contributed by atoms with van der Waals surface area (Å²) in [6, 6.07) is 0. The third kappa shape index (κ3) is 2.61. The highest BCUT2D eigenvalue weighted by Crippen LogP contribution is 2.54. The molecule has 0 aromatic carbocycles. The van der Waals surface area contributed by atoms with E-state index < -0.39 is 11.7 Å². The van der Waals surface area contributed by atoms with E-state index in [1.807, 2.05) is 13.8 Å². The number of carbonyl (C=O) groups is 1. The number of carbonyl (C=O) groups excluding carboxylic acids is 1. The van der Waals surface area contributed by atoms with E-state index in [4.69, 9.17) is 0 Å². The lowest BCUT2D eigenvalue weighted by atomic mass is 9.50. The number of rotatable bonds is 1. The van der Waals surface area contributed by atoms with Gasteiger partial charge in [0.1, 0.15) is 11.4 Å². The number of Topliss-reactive ketones (excluding diaryl/α,β-unsaturated/α-hetero) is 1. The molecule has 0 radical (unpaired) electrons. The Bertz CT molecular complexity index is 507. The van der Waals surface area contributed by atoms with Gasteiger partial charge in [-0.05, 0) is 44.4 Å². The number of aliphatic hydroxyl groups is 2. The van der Waals surface area contributed by atoms with Gasteiger partial charge >= 0.3 is 0 Å². The molecule has 0 amide bonds. The van der Waals surface area contributed by atoms with Gasteiger partial charge in [-0.3, -0.25) is 4.79 Å². The van der Waals surface area contributed by atoms with Crippen molar-refractivity contribution in [1.29, 1.82) is 0 Å². The van der Waals surface area contributed by atoms with E-state index in [1.54, 1.807) is 0 Å². The fraction of sp³-hybridized carbons (Fsp3) is 0.842. The van der Waals surface area contributed by atoms with Gasteiger partial charge in [0.05, 0.1) is 12.0 Å².